The number of carbonyl (C=O) groups excluding carboxylic acids is 1. The van der Waals surface area contributed by atoms with Gasteiger partial charge in [-0.15, -0.1) is 0 Å². The summed E-state index contributed by atoms with van der Waals surface area (Å²) in [5, 5.41) is 0. The first kappa shape index (κ1) is 18.1. The predicted molar refractivity (Wildman–Crippen MR) is 96.1 cm³/mol. The number of carbonyl (C=O) groups is 1. The molecule has 138 valence electrons. The van der Waals surface area contributed by atoms with Gasteiger partial charge in [0.05, 0.1) is 31.5 Å². The van der Waals surface area contributed by atoms with Gasteiger partial charge in [0.2, 0.25) is 0 Å². The number of aromatic nitrogens is 1. The molecule has 1 aromatic heterocycles. The van der Waals surface area contributed by atoms with Crippen LogP contribution >= 0.6 is 0 Å². The van der Waals surface area contributed by atoms with Crippen LogP contribution in [-0.4, -0.2) is 93.4 Å². The van der Waals surface area contributed by atoms with Crippen LogP contribution in [0.4, 0.5) is 5.82 Å². The summed E-state index contributed by atoms with van der Waals surface area (Å²) in [6.07, 6.45) is 2.80. The summed E-state index contributed by atoms with van der Waals surface area (Å²) in [5.41, 5.74) is 0.656. The maximum atomic E-state index is 12.7. The van der Waals surface area contributed by atoms with E-state index in [0.29, 0.717) is 25.4 Å². The summed E-state index contributed by atoms with van der Waals surface area (Å²) in [5.74, 6) is 0.921. The van der Waals surface area contributed by atoms with Gasteiger partial charge in [-0.2, -0.15) is 0 Å². The molecule has 0 bridgehead atoms. The lowest BCUT2D eigenvalue weighted by Gasteiger charge is -2.29. The van der Waals surface area contributed by atoms with Gasteiger partial charge in [0.25, 0.3) is 5.91 Å². The fourth-order valence-electron chi connectivity index (χ4n) is 3.25. The maximum Gasteiger partial charge on any atom is 0.255 e. The number of rotatable bonds is 4. The minimum Gasteiger partial charge on any atom is -0.376 e. The molecule has 3 rings (SSSR count). The highest BCUT2D eigenvalue weighted by atomic mass is 16.6. The maximum absolute atomic E-state index is 12.7. The second-order valence-electron chi connectivity index (χ2n) is 6.81. The van der Waals surface area contributed by atoms with Crippen molar-refractivity contribution in [2.24, 2.45) is 0 Å². The third kappa shape index (κ3) is 4.90. The fraction of sp³-hybridized carbons (Fsp3) is 0.667. The third-order valence-electron chi connectivity index (χ3n) is 4.68. The highest BCUT2D eigenvalue weighted by Gasteiger charge is 2.23. The van der Waals surface area contributed by atoms with Crippen molar-refractivity contribution in [3.63, 3.8) is 0 Å². The lowest BCUT2D eigenvalue weighted by molar-refractivity contribution is -0.0971. The molecule has 7 heteroatoms. The van der Waals surface area contributed by atoms with Crippen molar-refractivity contribution in [1.29, 1.82) is 0 Å². The molecule has 0 aromatic carbocycles. The summed E-state index contributed by atoms with van der Waals surface area (Å²) in [6, 6.07) is 3.75. The number of anilines is 1. The Bertz CT molecular complexity index is 558. The lowest BCUT2D eigenvalue weighted by Crippen LogP contribution is -2.42. The van der Waals surface area contributed by atoms with Crippen molar-refractivity contribution in [1.82, 2.24) is 14.8 Å². The van der Waals surface area contributed by atoms with Crippen molar-refractivity contribution in [3.8, 4) is 0 Å². The molecular formula is C18H28N4O3. The van der Waals surface area contributed by atoms with Crippen LogP contribution in [0.2, 0.25) is 0 Å². The van der Waals surface area contributed by atoms with Gasteiger partial charge in [-0.1, -0.05) is 0 Å². The molecule has 0 N–H and O–H groups in total. The molecule has 1 aromatic rings. The van der Waals surface area contributed by atoms with Crippen LogP contribution in [-0.2, 0) is 9.47 Å². The molecule has 7 nitrogen and oxygen atoms in total. The van der Waals surface area contributed by atoms with Crippen molar-refractivity contribution in [2.45, 2.75) is 12.5 Å². The summed E-state index contributed by atoms with van der Waals surface area (Å²) < 4.78 is 11.2. The van der Waals surface area contributed by atoms with Crippen molar-refractivity contribution < 1.29 is 14.3 Å². The Hall–Kier alpha value is -1.70. The van der Waals surface area contributed by atoms with E-state index in [9.17, 15) is 4.79 Å². The van der Waals surface area contributed by atoms with E-state index in [4.69, 9.17) is 9.47 Å². The lowest BCUT2D eigenvalue weighted by atomic mass is 10.2. The topological polar surface area (TPSA) is 58.1 Å². The first-order valence-corrected chi connectivity index (χ1v) is 8.98. The Morgan fingerprint density at radius 2 is 2.12 bits per heavy atom. The van der Waals surface area contributed by atoms with Crippen LogP contribution in [0, 0.1) is 0 Å². The summed E-state index contributed by atoms with van der Waals surface area (Å²) >= 11 is 0. The van der Waals surface area contributed by atoms with Gasteiger partial charge < -0.3 is 19.3 Å². The third-order valence-corrected chi connectivity index (χ3v) is 4.68. The molecule has 0 radical (unpaired) electrons. The Kier molecular flexibility index (Phi) is 6.23. The number of amides is 1. The largest absolute Gasteiger partial charge is 0.376 e. The number of hydrogen-bond donors (Lipinski definition) is 0. The molecular weight excluding hydrogens is 320 g/mol. The number of hydrogen-bond acceptors (Lipinski definition) is 6. The first-order chi connectivity index (χ1) is 12.1. The van der Waals surface area contributed by atoms with Gasteiger partial charge in [0.1, 0.15) is 5.82 Å². The standard InChI is InChI=1S/C18H28N4O3/c1-20(2)17-5-4-15(12-19-17)18(23)22-7-3-6-21(8-9-22)13-16-14-24-10-11-25-16/h4-5,12,16H,3,6-11,13-14H2,1-2H3. The van der Waals surface area contributed by atoms with E-state index in [1.54, 1.807) is 6.20 Å². The second-order valence-corrected chi connectivity index (χ2v) is 6.81. The second kappa shape index (κ2) is 8.60. The van der Waals surface area contributed by atoms with Crippen LogP contribution < -0.4 is 4.90 Å². The number of ether oxygens (including phenoxy) is 2. The average Bonchev–Trinajstić information content (AvgIpc) is 2.88. The smallest absolute Gasteiger partial charge is 0.255 e. The average molecular weight is 348 g/mol. The van der Waals surface area contributed by atoms with Gasteiger partial charge in [-0.05, 0) is 25.1 Å². The molecule has 1 atom stereocenters. The van der Waals surface area contributed by atoms with E-state index in [1.807, 2.05) is 36.0 Å². The van der Waals surface area contributed by atoms with E-state index in [-0.39, 0.29) is 12.0 Å². The van der Waals surface area contributed by atoms with Crippen molar-refractivity contribution >= 4 is 11.7 Å². The molecule has 0 spiro atoms. The van der Waals surface area contributed by atoms with E-state index in [0.717, 1.165) is 45.0 Å². The van der Waals surface area contributed by atoms with Crippen molar-refractivity contribution in [2.75, 3.05) is 71.5 Å². The van der Waals surface area contributed by atoms with Crippen molar-refractivity contribution in [3.05, 3.63) is 23.9 Å². The molecule has 25 heavy (non-hydrogen) atoms. The Labute approximate surface area is 149 Å². The molecule has 2 saturated heterocycles. The minimum atomic E-state index is 0.0666. The van der Waals surface area contributed by atoms with Gasteiger partial charge >= 0.3 is 0 Å². The summed E-state index contributed by atoms with van der Waals surface area (Å²) in [6.45, 7) is 6.30. The fourth-order valence-corrected chi connectivity index (χ4v) is 3.25. The Morgan fingerprint density at radius 1 is 1.24 bits per heavy atom. The molecule has 1 unspecified atom stereocenters. The SMILES string of the molecule is CN(C)c1ccc(C(=O)N2CCCN(CC3COCCO3)CC2)cn1. The number of pyridine rings is 1. The molecule has 0 saturated carbocycles. The zero-order chi connectivity index (χ0) is 17.6. The van der Waals surface area contributed by atoms with Crippen LogP contribution in [0.5, 0.6) is 0 Å². The van der Waals surface area contributed by atoms with E-state index in [1.165, 1.54) is 0 Å². The van der Waals surface area contributed by atoms with Crippen LogP contribution in [0.3, 0.4) is 0 Å². The summed E-state index contributed by atoms with van der Waals surface area (Å²) in [7, 11) is 3.88. The van der Waals surface area contributed by atoms with Crippen LogP contribution in [0.25, 0.3) is 0 Å². The molecule has 2 fully saturated rings. The predicted octanol–water partition coefficient (Wildman–Crippen LogP) is 0.711. The highest BCUT2D eigenvalue weighted by Crippen LogP contribution is 2.13. The molecule has 0 aliphatic carbocycles. The normalized spacial score (nSPS) is 22.5. The first-order valence-electron chi connectivity index (χ1n) is 8.98. The zero-order valence-corrected chi connectivity index (χ0v) is 15.2. The van der Waals surface area contributed by atoms with Gasteiger partial charge in [0, 0.05) is 46.5 Å². The molecule has 1 amide bonds. The summed E-state index contributed by atoms with van der Waals surface area (Å²) in [4.78, 5) is 23.3. The molecule has 2 aliphatic heterocycles. The van der Waals surface area contributed by atoms with Crippen LogP contribution in [0.1, 0.15) is 16.8 Å². The monoisotopic (exact) mass is 348 g/mol. The zero-order valence-electron chi connectivity index (χ0n) is 15.2. The van der Waals surface area contributed by atoms with E-state index < -0.39 is 0 Å². The van der Waals surface area contributed by atoms with Gasteiger partial charge in [-0.25, -0.2) is 4.98 Å². The molecule has 2 aliphatic rings. The number of nitrogens with zero attached hydrogens (tertiary/aromatic N) is 4. The highest BCUT2D eigenvalue weighted by molar-refractivity contribution is 5.94. The van der Waals surface area contributed by atoms with E-state index in [2.05, 4.69) is 9.88 Å². The molecule has 3 heterocycles. The Morgan fingerprint density at radius 3 is 2.80 bits per heavy atom. The van der Waals surface area contributed by atoms with E-state index >= 15 is 0 Å². The van der Waals surface area contributed by atoms with Gasteiger partial charge in [0.15, 0.2) is 0 Å². The van der Waals surface area contributed by atoms with Gasteiger partial charge in [-0.3, -0.25) is 9.69 Å². The minimum absolute atomic E-state index is 0.0666. The Balaban J connectivity index is 1.53. The van der Waals surface area contributed by atoms with Crippen LogP contribution in [0.15, 0.2) is 18.3 Å². The quantitative estimate of drug-likeness (QED) is 0.799.